The maximum Gasteiger partial charge on any atom is 0.239 e. The van der Waals surface area contributed by atoms with Crippen LogP contribution in [0, 0.1) is 5.92 Å². The summed E-state index contributed by atoms with van der Waals surface area (Å²) in [7, 11) is 0. The molecule has 4 N–H and O–H groups in total. The fourth-order valence-electron chi connectivity index (χ4n) is 2.80. The van der Waals surface area contributed by atoms with Gasteiger partial charge in [-0.25, -0.2) is 10.8 Å². The first-order chi connectivity index (χ1) is 9.24. The van der Waals surface area contributed by atoms with Crippen LogP contribution < -0.4 is 16.6 Å². The number of hydrazine groups is 1. The number of hydrogen-bond acceptors (Lipinski definition) is 5. The number of halogens is 1. The number of nitrogens with one attached hydrogen (secondary N) is 2. The molecule has 1 fully saturated rings. The molecule has 0 amide bonds. The SMILES string of the molecule is CCC(Nc1nc(NN)ncc1Cl)C1CCCCC1. The Kier molecular flexibility index (Phi) is 5.22. The van der Waals surface area contributed by atoms with Crippen molar-refractivity contribution in [1.29, 1.82) is 0 Å². The van der Waals surface area contributed by atoms with E-state index in [4.69, 9.17) is 17.4 Å². The molecule has 1 aromatic heterocycles. The summed E-state index contributed by atoms with van der Waals surface area (Å²) in [5, 5.41) is 4.00. The normalized spacial score (nSPS) is 18.1. The average Bonchev–Trinajstić information content (AvgIpc) is 2.47. The molecule has 1 unspecified atom stereocenters. The van der Waals surface area contributed by atoms with Gasteiger partial charge < -0.3 is 5.32 Å². The van der Waals surface area contributed by atoms with Gasteiger partial charge in [0.15, 0.2) is 5.82 Å². The number of anilines is 2. The summed E-state index contributed by atoms with van der Waals surface area (Å²) < 4.78 is 0. The first kappa shape index (κ1) is 14.3. The Bertz CT molecular complexity index is 406. The van der Waals surface area contributed by atoms with E-state index in [1.54, 1.807) is 6.20 Å². The minimum Gasteiger partial charge on any atom is -0.366 e. The van der Waals surface area contributed by atoms with Crippen LogP contribution in [0.5, 0.6) is 0 Å². The van der Waals surface area contributed by atoms with Crippen LogP contribution in [0.25, 0.3) is 0 Å². The zero-order valence-corrected chi connectivity index (χ0v) is 12.1. The number of nitrogen functional groups attached to an aromatic ring is 1. The molecule has 1 saturated carbocycles. The molecule has 19 heavy (non-hydrogen) atoms. The van der Waals surface area contributed by atoms with E-state index >= 15 is 0 Å². The van der Waals surface area contributed by atoms with Gasteiger partial charge in [-0.3, -0.25) is 5.43 Å². The predicted octanol–water partition coefficient (Wildman–Crippen LogP) is 3.19. The number of aromatic nitrogens is 2. The van der Waals surface area contributed by atoms with Crippen molar-refractivity contribution in [2.24, 2.45) is 11.8 Å². The largest absolute Gasteiger partial charge is 0.366 e. The fourth-order valence-corrected chi connectivity index (χ4v) is 2.95. The van der Waals surface area contributed by atoms with Crippen LogP contribution in [0.15, 0.2) is 6.20 Å². The van der Waals surface area contributed by atoms with E-state index < -0.39 is 0 Å². The lowest BCUT2D eigenvalue weighted by Gasteiger charge is -2.30. The molecule has 0 spiro atoms. The lowest BCUT2D eigenvalue weighted by Crippen LogP contribution is -2.30. The van der Waals surface area contributed by atoms with Crippen LogP contribution in [-0.2, 0) is 0 Å². The van der Waals surface area contributed by atoms with Crippen LogP contribution in [-0.4, -0.2) is 16.0 Å². The summed E-state index contributed by atoms with van der Waals surface area (Å²) in [5.74, 6) is 7.09. The number of nitrogens with two attached hydrogens (primary N) is 1. The molecule has 1 aromatic rings. The highest BCUT2D eigenvalue weighted by Crippen LogP contribution is 2.30. The van der Waals surface area contributed by atoms with Gasteiger partial charge in [-0.1, -0.05) is 37.8 Å². The summed E-state index contributed by atoms with van der Waals surface area (Å²) in [6, 6.07) is 0.415. The van der Waals surface area contributed by atoms with E-state index in [0.717, 1.165) is 6.42 Å². The van der Waals surface area contributed by atoms with Gasteiger partial charge in [0.1, 0.15) is 5.02 Å². The smallest absolute Gasteiger partial charge is 0.239 e. The van der Waals surface area contributed by atoms with Gasteiger partial charge in [-0.15, -0.1) is 0 Å². The quantitative estimate of drug-likeness (QED) is 0.571. The molecule has 0 aliphatic heterocycles. The molecule has 2 rings (SSSR count). The highest BCUT2D eigenvalue weighted by molar-refractivity contribution is 6.32. The number of rotatable bonds is 5. The van der Waals surface area contributed by atoms with E-state index in [2.05, 4.69) is 27.6 Å². The number of nitrogens with zero attached hydrogens (tertiary/aromatic N) is 2. The van der Waals surface area contributed by atoms with E-state index in [-0.39, 0.29) is 0 Å². The first-order valence-electron chi connectivity index (χ1n) is 7.00. The molecule has 0 saturated heterocycles. The molecular formula is C13H22ClN5. The Hall–Kier alpha value is -1.07. The summed E-state index contributed by atoms with van der Waals surface area (Å²) in [4.78, 5) is 8.27. The maximum absolute atomic E-state index is 6.14. The van der Waals surface area contributed by atoms with Gasteiger partial charge in [0.25, 0.3) is 0 Å². The second-order valence-corrected chi connectivity index (χ2v) is 5.50. The zero-order chi connectivity index (χ0) is 13.7. The molecule has 0 aromatic carbocycles. The van der Waals surface area contributed by atoms with Crippen molar-refractivity contribution in [3.05, 3.63) is 11.2 Å². The Balaban J connectivity index is 2.08. The van der Waals surface area contributed by atoms with Crippen molar-refractivity contribution in [3.8, 4) is 0 Å². The molecular weight excluding hydrogens is 262 g/mol. The second-order valence-electron chi connectivity index (χ2n) is 5.09. The average molecular weight is 284 g/mol. The summed E-state index contributed by atoms with van der Waals surface area (Å²) >= 11 is 6.14. The molecule has 1 atom stereocenters. The molecule has 1 aliphatic carbocycles. The summed E-state index contributed by atoms with van der Waals surface area (Å²) in [5.41, 5.74) is 2.44. The number of hydrogen-bond donors (Lipinski definition) is 3. The van der Waals surface area contributed by atoms with E-state index in [1.165, 1.54) is 32.1 Å². The third-order valence-electron chi connectivity index (χ3n) is 3.85. The van der Waals surface area contributed by atoms with Gasteiger partial charge in [-0.2, -0.15) is 4.98 Å². The monoisotopic (exact) mass is 283 g/mol. The highest BCUT2D eigenvalue weighted by Gasteiger charge is 2.23. The van der Waals surface area contributed by atoms with Gasteiger partial charge in [-0.05, 0) is 25.2 Å². The van der Waals surface area contributed by atoms with Crippen LogP contribution in [0.4, 0.5) is 11.8 Å². The standard InChI is InChI=1S/C13H22ClN5/c1-2-11(9-6-4-3-5-7-9)17-12-10(14)8-16-13(18-12)19-15/h8-9,11H,2-7,15H2,1H3,(H2,16,17,18,19). The molecule has 6 heteroatoms. The fraction of sp³-hybridized carbons (Fsp3) is 0.692. The lowest BCUT2D eigenvalue weighted by atomic mass is 9.83. The van der Waals surface area contributed by atoms with E-state index in [0.29, 0.717) is 28.7 Å². The molecule has 106 valence electrons. The molecule has 1 aliphatic rings. The summed E-state index contributed by atoms with van der Waals surface area (Å²) in [6.07, 6.45) is 9.23. The zero-order valence-electron chi connectivity index (χ0n) is 11.3. The van der Waals surface area contributed by atoms with Gasteiger partial charge in [0.05, 0.1) is 6.20 Å². The minimum atomic E-state index is 0.380. The van der Waals surface area contributed by atoms with Crippen LogP contribution in [0.3, 0.4) is 0 Å². The molecule has 1 heterocycles. The predicted molar refractivity (Wildman–Crippen MR) is 79.1 cm³/mol. The van der Waals surface area contributed by atoms with Crippen molar-refractivity contribution in [1.82, 2.24) is 9.97 Å². The van der Waals surface area contributed by atoms with Crippen molar-refractivity contribution in [3.63, 3.8) is 0 Å². The van der Waals surface area contributed by atoms with E-state index in [9.17, 15) is 0 Å². The van der Waals surface area contributed by atoms with Gasteiger partial charge in [0.2, 0.25) is 5.95 Å². The lowest BCUT2D eigenvalue weighted by molar-refractivity contribution is 0.312. The van der Waals surface area contributed by atoms with Crippen molar-refractivity contribution < 1.29 is 0 Å². The maximum atomic E-state index is 6.14. The van der Waals surface area contributed by atoms with Gasteiger partial charge in [0, 0.05) is 6.04 Å². The first-order valence-corrected chi connectivity index (χ1v) is 7.38. The third kappa shape index (κ3) is 3.70. The van der Waals surface area contributed by atoms with Crippen LogP contribution in [0.1, 0.15) is 45.4 Å². The Morgan fingerprint density at radius 1 is 1.42 bits per heavy atom. The van der Waals surface area contributed by atoms with Crippen LogP contribution in [0.2, 0.25) is 5.02 Å². The molecule has 0 bridgehead atoms. The second kappa shape index (κ2) is 6.91. The van der Waals surface area contributed by atoms with E-state index in [1.807, 2.05) is 0 Å². The topological polar surface area (TPSA) is 75.9 Å². The third-order valence-corrected chi connectivity index (χ3v) is 4.13. The Labute approximate surface area is 119 Å². The minimum absolute atomic E-state index is 0.380. The molecule has 5 nitrogen and oxygen atoms in total. The highest BCUT2D eigenvalue weighted by atomic mass is 35.5. The van der Waals surface area contributed by atoms with Crippen molar-refractivity contribution in [2.45, 2.75) is 51.5 Å². The molecule has 0 radical (unpaired) electrons. The summed E-state index contributed by atoms with van der Waals surface area (Å²) in [6.45, 7) is 2.20. The Morgan fingerprint density at radius 2 is 2.16 bits per heavy atom. The Morgan fingerprint density at radius 3 is 2.79 bits per heavy atom. The van der Waals surface area contributed by atoms with Crippen LogP contribution >= 0.6 is 11.6 Å². The van der Waals surface area contributed by atoms with Gasteiger partial charge >= 0.3 is 0 Å². The van der Waals surface area contributed by atoms with Crippen molar-refractivity contribution in [2.75, 3.05) is 10.7 Å². The van der Waals surface area contributed by atoms with Crippen molar-refractivity contribution >= 4 is 23.4 Å².